The normalized spacial score (nSPS) is 16.2. The number of fused-ring (bicyclic) bond motifs is 2. The molecule has 0 saturated carbocycles. The lowest BCUT2D eigenvalue weighted by atomic mass is 9.88. The Labute approximate surface area is 190 Å². The summed E-state index contributed by atoms with van der Waals surface area (Å²) in [5.41, 5.74) is 3.40. The van der Waals surface area contributed by atoms with E-state index in [1.807, 2.05) is 42.5 Å². The average molecular weight is 446 g/mol. The predicted octanol–water partition coefficient (Wildman–Crippen LogP) is 4.80. The summed E-state index contributed by atoms with van der Waals surface area (Å²) in [4.78, 5) is 26.0. The maximum Gasteiger partial charge on any atom is 0.410 e. The van der Waals surface area contributed by atoms with Gasteiger partial charge in [-0.25, -0.2) is 4.79 Å². The van der Waals surface area contributed by atoms with Gasteiger partial charge in [-0.2, -0.15) is 0 Å². The molecule has 2 heterocycles. The molecule has 8 nitrogen and oxygen atoms in total. The largest absolute Gasteiger partial charge is 0.454 e. The van der Waals surface area contributed by atoms with Gasteiger partial charge in [0.25, 0.3) is 5.69 Å². The van der Waals surface area contributed by atoms with Gasteiger partial charge in [0, 0.05) is 24.6 Å². The third-order valence-corrected chi connectivity index (χ3v) is 6.03. The molecule has 3 aromatic carbocycles. The Morgan fingerprint density at radius 2 is 1.79 bits per heavy atom. The Kier molecular flexibility index (Phi) is 5.56. The van der Waals surface area contributed by atoms with Crippen molar-refractivity contribution in [1.29, 1.82) is 0 Å². The lowest BCUT2D eigenvalue weighted by Crippen LogP contribution is -2.41. The van der Waals surface area contributed by atoms with Crippen LogP contribution < -0.4 is 9.47 Å². The highest BCUT2D eigenvalue weighted by Crippen LogP contribution is 2.42. The van der Waals surface area contributed by atoms with Gasteiger partial charge in [0.15, 0.2) is 11.5 Å². The summed E-state index contributed by atoms with van der Waals surface area (Å²) in [6.07, 6.45) is 0.454. The summed E-state index contributed by atoms with van der Waals surface area (Å²) in [6.45, 7) is 0.740. The molecule has 0 radical (unpaired) electrons. The van der Waals surface area contributed by atoms with E-state index in [1.54, 1.807) is 23.1 Å². The lowest BCUT2D eigenvalue weighted by molar-refractivity contribution is -0.385. The second kappa shape index (κ2) is 8.82. The highest BCUT2D eigenvalue weighted by atomic mass is 16.7. The Balaban J connectivity index is 1.47. The number of carbonyl (C=O) groups excluding carboxylic acids is 1. The summed E-state index contributed by atoms with van der Waals surface area (Å²) >= 11 is 0. The molecule has 5 rings (SSSR count). The number of para-hydroxylation sites is 1. The molecule has 1 unspecified atom stereocenters. The number of rotatable bonds is 5. The Hall–Kier alpha value is -4.07. The number of ether oxygens (including phenoxy) is 3. The molecule has 0 fully saturated rings. The van der Waals surface area contributed by atoms with Crippen molar-refractivity contribution in [3.05, 3.63) is 99.1 Å². The zero-order valence-corrected chi connectivity index (χ0v) is 17.8. The van der Waals surface area contributed by atoms with Crippen molar-refractivity contribution in [1.82, 2.24) is 4.90 Å². The first kappa shape index (κ1) is 20.8. The van der Waals surface area contributed by atoms with Gasteiger partial charge >= 0.3 is 6.09 Å². The van der Waals surface area contributed by atoms with Crippen molar-refractivity contribution < 1.29 is 23.9 Å². The number of benzene rings is 3. The highest BCUT2D eigenvalue weighted by Gasteiger charge is 2.35. The molecule has 1 atom stereocenters. The number of nitro benzene ring substituents is 1. The van der Waals surface area contributed by atoms with Crippen molar-refractivity contribution >= 4 is 11.8 Å². The number of hydrogen-bond acceptors (Lipinski definition) is 6. The van der Waals surface area contributed by atoms with Crippen LogP contribution in [0, 0.1) is 10.1 Å². The second-order valence-electron chi connectivity index (χ2n) is 7.99. The van der Waals surface area contributed by atoms with E-state index >= 15 is 0 Å². The molecule has 1 amide bonds. The van der Waals surface area contributed by atoms with Gasteiger partial charge in [0.2, 0.25) is 6.79 Å². The summed E-state index contributed by atoms with van der Waals surface area (Å²) in [5.74, 6) is 1.29. The van der Waals surface area contributed by atoms with E-state index in [2.05, 4.69) is 0 Å². The van der Waals surface area contributed by atoms with Crippen LogP contribution in [0.15, 0.2) is 66.7 Å². The number of nitro groups is 1. The molecule has 3 aromatic rings. The van der Waals surface area contributed by atoms with E-state index in [0.717, 1.165) is 16.7 Å². The second-order valence-corrected chi connectivity index (χ2v) is 7.99. The maximum absolute atomic E-state index is 13.1. The van der Waals surface area contributed by atoms with Crippen LogP contribution in [0.5, 0.6) is 11.5 Å². The Morgan fingerprint density at radius 3 is 2.58 bits per heavy atom. The molecule has 0 saturated heterocycles. The molecule has 168 valence electrons. The van der Waals surface area contributed by atoms with Gasteiger partial charge < -0.3 is 19.1 Å². The van der Waals surface area contributed by atoms with Crippen molar-refractivity contribution in [3.8, 4) is 11.5 Å². The van der Waals surface area contributed by atoms with E-state index in [9.17, 15) is 14.9 Å². The number of carbonyl (C=O) groups is 1. The number of nitrogens with zero attached hydrogens (tertiary/aromatic N) is 2. The number of amides is 1. The Bertz CT molecular complexity index is 1200. The van der Waals surface area contributed by atoms with Crippen molar-refractivity contribution in [2.45, 2.75) is 25.5 Å². The zero-order valence-electron chi connectivity index (χ0n) is 17.8. The van der Waals surface area contributed by atoms with Crippen LogP contribution in [0.3, 0.4) is 0 Å². The molecule has 0 spiro atoms. The maximum atomic E-state index is 13.1. The Morgan fingerprint density at radius 1 is 1.06 bits per heavy atom. The summed E-state index contributed by atoms with van der Waals surface area (Å²) < 4.78 is 16.7. The third-order valence-electron chi connectivity index (χ3n) is 6.03. The minimum absolute atomic E-state index is 0.0305. The van der Waals surface area contributed by atoms with Crippen LogP contribution in [0.1, 0.15) is 28.3 Å². The fraction of sp³-hybridized carbons (Fsp3) is 0.240. The third kappa shape index (κ3) is 4.19. The smallest absolute Gasteiger partial charge is 0.410 e. The molecule has 8 heteroatoms. The quantitative estimate of drug-likeness (QED) is 0.413. The molecule has 0 aromatic heterocycles. The van der Waals surface area contributed by atoms with Gasteiger partial charge in [0.05, 0.1) is 11.0 Å². The van der Waals surface area contributed by atoms with Gasteiger partial charge in [-0.3, -0.25) is 10.1 Å². The molecule has 0 N–H and O–H groups in total. The lowest BCUT2D eigenvalue weighted by Gasteiger charge is -2.36. The van der Waals surface area contributed by atoms with Crippen molar-refractivity contribution in [2.75, 3.05) is 13.3 Å². The van der Waals surface area contributed by atoms with E-state index in [1.165, 1.54) is 6.07 Å². The average Bonchev–Trinajstić information content (AvgIpc) is 3.30. The molecule has 0 bridgehead atoms. The summed E-state index contributed by atoms with van der Waals surface area (Å²) in [6, 6.07) is 19.5. The van der Waals surface area contributed by atoms with Crippen molar-refractivity contribution in [2.24, 2.45) is 0 Å². The van der Waals surface area contributed by atoms with Gasteiger partial charge in [0.1, 0.15) is 6.61 Å². The first-order chi connectivity index (χ1) is 16.1. The van der Waals surface area contributed by atoms with E-state index in [4.69, 9.17) is 14.2 Å². The molecule has 0 aliphatic carbocycles. The fourth-order valence-electron chi connectivity index (χ4n) is 4.40. The molecule has 2 aliphatic rings. The first-order valence-electron chi connectivity index (χ1n) is 10.7. The fourth-order valence-corrected chi connectivity index (χ4v) is 4.40. The van der Waals surface area contributed by atoms with Gasteiger partial charge in [-0.1, -0.05) is 48.5 Å². The first-order valence-corrected chi connectivity index (χ1v) is 10.7. The van der Waals surface area contributed by atoms with Crippen LogP contribution in [-0.2, 0) is 24.2 Å². The molecular formula is C25H22N2O6. The highest BCUT2D eigenvalue weighted by molar-refractivity contribution is 5.70. The van der Waals surface area contributed by atoms with Crippen LogP contribution in [0.4, 0.5) is 10.5 Å². The van der Waals surface area contributed by atoms with Crippen LogP contribution in [-0.4, -0.2) is 29.3 Å². The van der Waals surface area contributed by atoms with E-state index < -0.39 is 17.1 Å². The van der Waals surface area contributed by atoms with Gasteiger partial charge in [-0.15, -0.1) is 0 Å². The van der Waals surface area contributed by atoms with E-state index in [-0.39, 0.29) is 25.5 Å². The summed E-state index contributed by atoms with van der Waals surface area (Å²) in [5, 5.41) is 11.6. The summed E-state index contributed by atoms with van der Waals surface area (Å²) in [7, 11) is 0. The minimum atomic E-state index is -0.453. The molecular weight excluding hydrogens is 424 g/mol. The molecule has 33 heavy (non-hydrogen) atoms. The zero-order chi connectivity index (χ0) is 22.8. The van der Waals surface area contributed by atoms with E-state index in [0.29, 0.717) is 30.0 Å². The van der Waals surface area contributed by atoms with Crippen LogP contribution >= 0.6 is 0 Å². The minimum Gasteiger partial charge on any atom is -0.454 e. The monoisotopic (exact) mass is 446 g/mol. The van der Waals surface area contributed by atoms with Crippen LogP contribution in [0.2, 0.25) is 0 Å². The standard InChI is InChI=1S/C25H22N2O6/c28-25(31-15-17-6-2-1-3-7-17)26-11-10-18-13-23-24(33-16-32-23)14-20(18)22(26)12-19-8-4-5-9-21(19)27(29)30/h1-9,13-14,22H,10-12,15-16H2. The van der Waals surface area contributed by atoms with Crippen LogP contribution in [0.25, 0.3) is 0 Å². The topological polar surface area (TPSA) is 91.1 Å². The predicted molar refractivity (Wildman–Crippen MR) is 119 cm³/mol. The van der Waals surface area contributed by atoms with Gasteiger partial charge in [-0.05, 0) is 35.2 Å². The van der Waals surface area contributed by atoms with Crippen molar-refractivity contribution in [3.63, 3.8) is 0 Å². The number of hydrogen-bond donors (Lipinski definition) is 0. The molecule has 2 aliphatic heterocycles. The SMILES string of the molecule is O=C(OCc1ccccc1)N1CCc2cc3c(cc2C1Cc1ccccc1[N+](=O)[O-])OCO3.